The van der Waals surface area contributed by atoms with E-state index >= 15 is 0 Å². The van der Waals surface area contributed by atoms with Gasteiger partial charge in [0.2, 0.25) is 0 Å². The maximum absolute atomic E-state index is 13.3. The minimum Gasteiger partial charge on any atom is -0.399 e. The van der Waals surface area contributed by atoms with Crippen molar-refractivity contribution in [1.29, 1.82) is 0 Å². The van der Waals surface area contributed by atoms with Crippen molar-refractivity contribution in [2.24, 2.45) is 0 Å². The van der Waals surface area contributed by atoms with E-state index in [1.54, 1.807) is 0 Å². The Balaban J connectivity index is 3.38. The Morgan fingerprint density at radius 1 is 1.08 bits per heavy atom. The highest BCUT2D eigenvalue weighted by Crippen LogP contribution is 2.13. The van der Waals surface area contributed by atoms with E-state index in [2.05, 4.69) is 0 Å². The van der Waals surface area contributed by atoms with Crippen LogP contribution >= 0.6 is 0 Å². The van der Waals surface area contributed by atoms with Crippen LogP contribution in [0.1, 0.15) is 0 Å². The van der Waals surface area contributed by atoms with Crippen LogP contribution in [0.15, 0.2) is 12.1 Å². The molecule has 0 aliphatic carbocycles. The van der Waals surface area contributed by atoms with Gasteiger partial charge in [-0.1, -0.05) is 19.6 Å². The molecule has 0 fully saturated rings. The third-order valence-electron chi connectivity index (χ3n) is 1.81. The first-order valence-electron chi connectivity index (χ1n) is 4.07. The number of halogens is 2. The highest BCUT2D eigenvalue weighted by atomic mass is 28.3. The van der Waals surface area contributed by atoms with E-state index in [4.69, 9.17) is 5.73 Å². The van der Waals surface area contributed by atoms with Crippen molar-refractivity contribution < 1.29 is 8.78 Å². The molecule has 0 amide bonds. The molecular weight excluding hydrogens is 188 g/mol. The summed E-state index contributed by atoms with van der Waals surface area (Å²) in [6.07, 6.45) is 0. The molecule has 4 heteroatoms. The van der Waals surface area contributed by atoms with Crippen molar-refractivity contribution in [2.75, 3.05) is 5.73 Å². The second kappa shape index (κ2) is 3.10. The summed E-state index contributed by atoms with van der Waals surface area (Å²) >= 11 is 0. The number of nitrogen functional groups attached to an aromatic ring is 1. The van der Waals surface area contributed by atoms with Gasteiger partial charge in [0.05, 0.1) is 8.07 Å². The predicted octanol–water partition coefficient (Wildman–Crippen LogP) is 2.09. The summed E-state index contributed by atoms with van der Waals surface area (Å²) < 4.78 is 26.6. The zero-order valence-corrected chi connectivity index (χ0v) is 8.99. The standard InChI is InChI=1S/C9H13F2NSi/c1-13(2,3)9-7(10)4-6(12)5-8(9)11/h4-5H,12H2,1-3H3. The minimum absolute atomic E-state index is 0.136. The minimum atomic E-state index is -1.95. The van der Waals surface area contributed by atoms with E-state index in [9.17, 15) is 8.78 Å². The Labute approximate surface area is 77.6 Å². The van der Waals surface area contributed by atoms with Gasteiger partial charge in [-0.05, 0) is 12.1 Å². The summed E-state index contributed by atoms with van der Waals surface area (Å²) in [5.74, 6) is -1.03. The maximum Gasteiger partial charge on any atom is 0.127 e. The molecule has 1 rings (SSSR count). The van der Waals surface area contributed by atoms with Crippen LogP contribution in [0.4, 0.5) is 14.5 Å². The van der Waals surface area contributed by atoms with Crippen LogP contribution in [0.5, 0.6) is 0 Å². The fraction of sp³-hybridized carbons (Fsp3) is 0.333. The molecule has 0 unspecified atom stereocenters. The quantitative estimate of drug-likeness (QED) is 0.546. The molecule has 1 aromatic carbocycles. The van der Waals surface area contributed by atoms with Crippen LogP contribution in [0.2, 0.25) is 19.6 Å². The number of hydrogen-bond acceptors (Lipinski definition) is 1. The fourth-order valence-corrected chi connectivity index (χ4v) is 2.89. The summed E-state index contributed by atoms with van der Waals surface area (Å²) in [4.78, 5) is 0. The van der Waals surface area contributed by atoms with E-state index in [0.29, 0.717) is 0 Å². The van der Waals surface area contributed by atoms with E-state index in [1.807, 2.05) is 19.6 Å². The highest BCUT2D eigenvalue weighted by Gasteiger charge is 2.25. The van der Waals surface area contributed by atoms with Crippen molar-refractivity contribution in [3.63, 3.8) is 0 Å². The molecule has 0 aliphatic rings. The molecule has 0 radical (unpaired) electrons. The molecule has 0 saturated carbocycles. The first-order chi connectivity index (χ1) is 5.82. The number of hydrogen-bond donors (Lipinski definition) is 1. The van der Waals surface area contributed by atoms with Gasteiger partial charge in [0.25, 0.3) is 0 Å². The van der Waals surface area contributed by atoms with E-state index in [1.165, 1.54) is 12.1 Å². The number of nitrogens with two attached hydrogens (primary N) is 1. The lowest BCUT2D eigenvalue weighted by atomic mass is 10.3. The molecule has 0 saturated heterocycles. The molecule has 72 valence electrons. The van der Waals surface area contributed by atoms with E-state index in [-0.39, 0.29) is 10.9 Å². The van der Waals surface area contributed by atoms with Gasteiger partial charge in [-0.15, -0.1) is 0 Å². The molecule has 13 heavy (non-hydrogen) atoms. The first kappa shape index (κ1) is 10.2. The Kier molecular flexibility index (Phi) is 2.43. The van der Waals surface area contributed by atoms with Gasteiger partial charge in [0, 0.05) is 10.9 Å². The summed E-state index contributed by atoms with van der Waals surface area (Å²) in [5, 5.41) is 0.224. The smallest absolute Gasteiger partial charge is 0.127 e. The van der Waals surface area contributed by atoms with Crippen LogP contribution in [0.25, 0.3) is 0 Å². The number of anilines is 1. The second-order valence-corrected chi connectivity index (χ2v) is 9.11. The predicted molar refractivity (Wildman–Crippen MR) is 53.8 cm³/mol. The number of rotatable bonds is 1. The third kappa shape index (κ3) is 2.06. The van der Waals surface area contributed by atoms with Gasteiger partial charge in [-0.25, -0.2) is 8.78 Å². The average molecular weight is 201 g/mol. The lowest BCUT2D eigenvalue weighted by Gasteiger charge is -2.18. The van der Waals surface area contributed by atoms with Gasteiger partial charge >= 0.3 is 0 Å². The molecule has 0 aromatic heterocycles. The summed E-state index contributed by atoms with van der Waals surface area (Å²) in [7, 11) is -1.95. The van der Waals surface area contributed by atoms with Crippen LogP contribution < -0.4 is 10.9 Å². The molecule has 0 bridgehead atoms. The van der Waals surface area contributed by atoms with Crippen molar-refractivity contribution in [3.05, 3.63) is 23.8 Å². The largest absolute Gasteiger partial charge is 0.399 e. The summed E-state index contributed by atoms with van der Waals surface area (Å²) in [5.41, 5.74) is 5.44. The van der Waals surface area contributed by atoms with Gasteiger partial charge < -0.3 is 5.73 Å². The lowest BCUT2D eigenvalue weighted by Crippen LogP contribution is -2.42. The first-order valence-corrected chi connectivity index (χ1v) is 7.57. The van der Waals surface area contributed by atoms with Crippen molar-refractivity contribution in [1.82, 2.24) is 0 Å². The molecule has 0 spiro atoms. The van der Waals surface area contributed by atoms with Crippen molar-refractivity contribution >= 4 is 18.9 Å². The summed E-state index contributed by atoms with van der Waals surface area (Å²) in [6, 6.07) is 2.35. The number of benzene rings is 1. The van der Waals surface area contributed by atoms with Gasteiger partial charge in [-0.3, -0.25) is 0 Å². The molecule has 0 aliphatic heterocycles. The Morgan fingerprint density at radius 2 is 1.46 bits per heavy atom. The Bertz CT molecular complexity index is 308. The van der Waals surface area contributed by atoms with Gasteiger partial charge in [0.1, 0.15) is 11.6 Å². The topological polar surface area (TPSA) is 26.0 Å². The van der Waals surface area contributed by atoms with Crippen molar-refractivity contribution in [3.8, 4) is 0 Å². The SMILES string of the molecule is C[Si](C)(C)c1c(F)cc(N)cc1F. The van der Waals surface area contributed by atoms with E-state index < -0.39 is 19.7 Å². The molecular formula is C9H13F2NSi. The zero-order chi connectivity index (χ0) is 10.2. The molecule has 1 aromatic rings. The lowest BCUT2D eigenvalue weighted by molar-refractivity contribution is 0.597. The Hall–Kier alpha value is -0.903. The van der Waals surface area contributed by atoms with Gasteiger partial charge in [-0.2, -0.15) is 0 Å². The monoisotopic (exact) mass is 201 g/mol. The van der Waals surface area contributed by atoms with Crippen molar-refractivity contribution in [2.45, 2.75) is 19.6 Å². The average Bonchev–Trinajstić information content (AvgIpc) is 1.78. The third-order valence-corrected chi connectivity index (χ3v) is 3.79. The van der Waals surface area contributed by atoms with Crippen LogP contribution in [0.3, 0.4) is 0 Å². The maximum atomic E-state index is 13.3. The fourth-order valence-electron chi connectivity index (χ4n) is 1.31. The summed E-state index contributed by atoms with van der Waals surface area (Å²) in [6.45, 7) is 5.68. The van der Waals surface area contributed by atoms with Crippen LogP contribution in [-0.2, 0) is 0 Å². The Morgan fingerprint density at radius 3 is 1.77 bits per heavy atom. The molecule has 2 N–H and O–H groups in total. The zero-order valence-electron chi connectivity index (χ0n) is 7.99. The molecule has 1 nitrogen and oxygen atoms in total. The normalized spacial score (nSPS) is 11.8. The molecule has 0 heterocycles. The van der Waals surface area contributed by atoms with Crippen LogP contribution in [0, 0.1) is 11.6 Å². The van der Waals surface area contributed by atoms with Gasteiger partial charge in [0.15, 0.2) is 0 Å². The van der Waals surface area contributed by atoms with Crippen LogP contribution in [-0.4, -0.2) is 8.07 Å². The molecule has 0 atom stereocenters. The van der Waals surface area contributed by atoms with E-state index in [0.717, 1.165) is 0 Å². The second-order valence-electron chi connectivity index (χ2n) is 4.11. The highest BCUT2D eigenvalue weighted by molar-refractivity contribution is 6.88.